The zero-order valence-corrected chi connectivity index (χ0v) is 13.3. The third kappa shape index (κ3) is 5.61. The van der Waals surface area contributed by atoms with Crippen LogP contribution in [0.3, 0.4) is 0 Å². The Balaban J connectivity index is 1.96. The molecule has 1 N–H and O–H groups in total. The molecule has 5 heteroatoms. The Kier molecular flexibility index (Phi) is 5.50. The Morgan fingerprint density at radius 2 is 1.91 bits per heavy atom. The standard InChI is InChI=1S/C17H25F3N2/c1-14-3-5-15(6-4-14)7-10-22(13-17(18,19)20)12-16(2)8-9-21-11-16/h3-6,21H,7-13H2,1-2H3. The molecule has 22 heavy (non-hydrogen) atoms. The van der Waals surface area contributed by atoms with Crippen molar-refractivity contribution in [1.82, 2.24) is 10.2 Å². The SMILES string of the molecule is Cc1ccc(CCN(CC(F)(F)F)CC2(C)CCNC2)cc1. The van der Waals surface area contributed by atoms with Crippen LogP contribution in [0.15, 0.2) is 24.3 Å². The van der Waals surface area contributed by atoms with Crippen molar-refractivity contribution in [2.45, 2.75) is 32.9 Å². The summed E-state index contributed by atoms with van der Waals surface area (Å²) in [5.41, 5.74) is 2.20. The monoisotopic (exact) mass is 314 g/mol. The molecule has 0 aliphatic carbocycles. The molecule has 0 bridgehead atoms. The number of nitrogens with one attached hydrogen (secondary N) is 1. The zero-order chi connectivity index (χ0) is 16.2. The van der Waals surface area contributed by atoms with Crippen molar-refractivity contribution in [2.24, 2.45) is 5.41 Å². The quantitative estimate of drug-likeness (QED) is 0.866. The molecule has 1 saturated heterocycles. The fraction of sp³-hybridized carbons (Fsp3) is 0.647. The minimum absolute atomic E-state index is 0.0570. The Bertz CT molecular complexity index is 462. The van der Waals surface area contributed by atoms with Crippen LogP contribution in [-0.4, -0.2) is 43.8 Å². The number of aryl methyl sites for hydroxylation is 1. The summed E-state index contributed by atoms with van der Waals surface area (Å²) in [4.78, 5) is 1.56. The van der Waals surface area contributed by atoms with E-state index in [2.05, 4.69) is 12.2 Å². The molecule has 1 aromatic carbocycles. The van der Waals surface area contributed by atoms with Gasteiger partial charge in [-0.15, -0.1) is 0 Å². The average Bonchev–Trinajstić information content (AvgIpc) is 2.82. The number of hydrogen-bond donors (Lipinski definition) is 1. The lowest BCUT2D eigenvalue weighted by molar-refractivity contribution is -0.148. The summed E-state index contributed by atoms with van der Waals surface area (Å²) >= 11 is 0. The number of nitrogens with zero attached hydrogens (tertiary/aromatic N) is 1. The Labute approximate surface area is 130 Å². The normalized spacial score (nSPS) is 22.5. The van der Waals surface area contributed by atoms with Gasteiger partial charge in [-0.1, -0.05) is 36.8 Å². The molecule has 1 aliphatic heterocycles. The Hall–Kier alpha value is -1.07. The van der Waals surface area contributed by atoms with Crippen molar-refractivity contribution < 1.29 is 13.2 Å². The van der Waals surface area contributed by atoms with E-state index >= 15 is 0 Å². The van der Waals surface area contributed by atoms with Gasteiger partial charge in [0.15, 0.2) is 0 Å². The second kappa shape index (κ2) is 7.01. The maximum atomic E-state index is 12.8. The van der Waals surface area contributed by atoms with Gasteiger partial charge >= 0.3 is 6.18 Å². The van der Waals surface area contributed by atoms with Crippen molar-refractivity contribution in [3.05, 3.63) is 35.4 Å². The van der Waals surface area contributed by atoms with Gasteiger partial charge in [0.05, 0.1) is 6.54 Å². The second-order valence-electron chi connectivity index (χ2n) is 6.80. The van der Waals surface area contributed by atoms with Crippen molar-refractivity contribution in [1.29, 1.82) is 0 Å². The van der Waals surface area contributed by atoms with Crippen molar-refractivity contribution in [2.75, 3.05) is 32.7 Å². The lowest BCUT2D eigenvalue weighted by atomic mass is 9.89. The number of benzene rings is 1. The van der Waals surface area contributed by atoms with Gasteiger partial charge in [0.2, 0.25) is 0 Å². The van der Waals surface area contributed by atoms with Crippen LogP contribution in [0.25, 0.3) is 0 Å². The number of alkyl halides is 3. The van der Waals surface area contributed by atoms with Crippen molar-refractivity contribution in [3.8, 4) is 0 Å². The molecule has 124 valence electrons. The van der Waals surface area contributed by atoms with E-state index in [1.54, 1.807) is 4.90 Å². The first kappa shape index (κ1) is 17.3. The molecule has 0 radical (unpaired) electrons. The fourth-order valence-electron chi connectivity index (χ4n) is 3.05. The zero-order valence-electron chi connectivity index (χ0n) is 13.3. The minimum atomic E-state index is -4.14. The Morgan fingerprint density at radius 3 is 2.45 bits per heavy atom. The summed E-state index contributed by atoms with van der Waals surface area (Å²) in [5.74, 6) is 0. The van der Waals surface area contributed by atoms with Gasteiger partial charge in [0, 0.05) is 19.6 Å². The van der Waals surface area contributed by atoms with Gasteiger partial charge in [-0.2, -0.15) is 13.2 Å². The molecule has 1 fully saturated rings. The molecular weight excluding hydrogens is 289 g/mol. The molecule has 0 amide bonds. The van der Waals surface area contributed by atoms with E-state index in [0.29, 0.717) is 19.5 Å². The molecule has 1 unspecified atom stereocenters. The van der Waals surface area contributed by atoms with E-state index in [0.717, 1.165) is 25.1 Å². The van der Waals surface area contributed by atoms with Crippen LogP contribution < -0.4 is 5.32 Å². The van der Waals surface area contributed by atoms with Gasteiger partial charge in [-0.05, 0) is 37.3 Å². The lowest BCUT2D eigenvalue weighted by Gasteiger charge is -2.32. The largest absolute Gasteiger partial charge is 0.401 e. The number of rotatable bonds is 6. The number of halogens is 3. The second-order valence-corrected chi connectivity index (χ2v) is 6.80. The molecule has 0 aromatic heterocycles. The maximum Gasteiger partial charge on any atom is 0.401 e. The van der Waals surface area contributed by atoms with E-state index in [1.165, 1.54) is 5.56 Å². The third-order valence-electron chi connectivity index (χ3n) is 4.30. The van der Waals surface area contributed by atoms with E-state index < -0.39 is 12.7 Å². The van der Waals surface area contributed by atoms with Crippen LogP contribution in [0.5, 0.6) is 0 Å². The summed E-state index contributed by atoms with van der Waals surface area (Å²) in [6.45, 7) is 5.88. The van der Waals surface area contributed by atoms with Gasteiger partial charge in [-0.25, -0.2) is 0 Å². The summed E-state index contributed by atoms with van der Waals surface area (Å²) in [6.07, 6.45) is -2.55. The molecular formula is C17H25F3N2. The van der Waals surface area contributed by atoms with Gasteiger partial charge < -0.3 is 5.32 Å². The number of hydrogen-bond acceptors (Lipinski definition) is 2. The Morgan fingerprint density at radius 1 is 1.23 bits per heavy atom. The molecule has 1 aromatic rings. The van der Waals surface area contributed by atoms with Crippen molar-refractivity contribution in [3.63, 3.8) is 0 Å². The van der Waals surface area contributed by atoms with Gasteiger partial charge in [-0.3, -0.25) is 4.90 Å². The predicted molar refractivity (Wildman–Crippen MR) is 83.0 cm³/mol. The first-order valence-corrected chi connectivity index (χ1v) is 7.81. The topological polar surface area (TPSA) is 15.3 Å². The summed E-state index contributed by atoms with van der Waals surface area (Å²) < 4.78 is 38.5. The lowest BCUT2D eigenvalue weighted by Crippen LogP contribution is -2.43. The van der Waals surface area contributed by atoms with Crippen LogP contribution in [0.2, 0.25) is 0 Å². The highest BCUT2D eigenvalue weighted by Crippen LogP contribution is 2.27. The van der Waals surface area contributed by atoms with E-state index in [-0.39, 0.29) is 5.41 Å². The van der Waals surface area contributed by atoms with Crippen molar-refractivity contribution >= 4 is 0 Å². The first-order chi connectivity index (χ1) is 10.3. The molecule has 0 saturated carbocycles. The predicted octanol–water partition coefficient (Wildman–Crippen LogP) is 3.40. The summed E-state index contributed by atoms with van der Waals surface area (Å²) in [7, 11) is 0. The van der Waals surface area contributed by atoms with Crippen LogP contribution in [0.1, 0.15) is 24.5 Å². The van der Waals surface area contributed by atoms with Crippen LogP contribution in [-0.2, 0) is 6.42 Å². The fourth-order valence-corrected chi connectivity index (χ4v) is 3.05. The third-order valence-corrected chi connectivity index (χ3v) is 4.30. The highest BCUT2D eigenvalue weighted by molar-refractivity contribution is 5.21. The van der Waals surface area contributed by atoms with Gasteiger partial charge in [0.25, 0.3) is 0 Å². The van der Waals surface area contributed by atoms with E-state index in [4.69, 9.17) is 0 Å². The highest BCUT2D eigenvalue weighted by Gasteiger charge is 2.36. The molecule has 2 rings (SSSR count). The smallest absolute Gasteiger partial charge is 0.316 e. The van der Waals surface area contributed by atoms with Gasteiger partial charge in [0.1, 0.15) is 0 Å². The van der Waals surface area contributed by atoms with Crippen LogP contribution in [0.4, 0.5) is 13.2 Å². The molecule has 1 aliphatic rings. The van der Waals surface area contributed by atoms with E-state index in [9.17, 15) is 13.2 Å². The molecule has 1 heterocycles. The molecule has 1 atom stereocenters. The van der Waals surface area contributed by atoms with Crippen LogP contribution >= 0.6 is 0 Å². The summed E-state index contributed by atoms with van der Waals surface area (Å²) in [5, 5.41) is 3.25. The van der Waals surface area contributed by atoms with E-state index in [1.807, 2.05) is 31.2 Å². The van der Waals surface area contributed by atoms with Crippen LogP contribution in [0, 0.1) is 12.3 Å². The summed E-state index contributed by atoms with van der Waals surface area (Å²) in [6, 6.07) is 8.01. The first-order valence-electron chi connectivity index (χ1n) is 7.81. The average molecular weight is 314 g/mol. The maximum absolute atomic E-state index is 12.8. The molecule has 2 nitrogen and oxygen atoms in total. The molecule has 0 spiro atoms. The minimum Gasteiger partial charge on any atom is -0.316 e. The highest BCUT2D eigenvalue weighted by atomic mass is 19.4.